The van der Waals surface area contributed by atoms with Crippen molar-refractivity contribution < 1.29 is 23.1 Å². The van der Waals surface area contributed by atoms with Crippen molar-refractivity contribution in [1.82, 2.24) is 0 Å². The van der Waals surface area contributed by atoms with Crippen molar-refractivity contribution >= 4 is 17.6 Å². The van der Waals surface area contributed by atoms with E-state index in [1.165, 1.54) is 0 Å². The fraction of sp³-hybridized carbons (Fsp3) is 0.267. The van der Waals surface area contributed by atoms with Crippen LogP contribution in [-0.4, -0.2) is 24.2 Å². The van der Waals surface area contributed by atoms with Gasteiger partial charge in [-0.15, -0.1) is 0 Å². The summed E-state index contributed by atoms with van der Waals surface area (Å²) in [5.41, 5.74) is 9.91. The van der Waals surface area contributed by atoms with Crippen molar-refractivity contribution in [2.45, 2.75) is 20.8 Å². The van der Waals surface area contributed by atoms with Gasteiger partial charge in [-0.3, -0.25) is 10.2 Å². The Hall–Kier alpha value is -2.77. The molecule has 0 unspecified atom stereocenters. The Balaban J connectivity index is 0.00000484. The Bertz CT molecular complexity index is 657. The van der Waals surface area contributed by atoms with Crippen molar-refractivity contribution in [3.63, 3.8) is 0 Å². The van der Waals surface area contributed by atoms with E-state index in [4.69, 9.17) is 16.9 Å². The molecule has 6 nitrogen and oxygen atoms in total. The second-order valence-corrected chi connectivity index (χ2v) is 4.29. The number of esters is 1. The molecule has 0 aliphatic carbocycles. The smallest absolute Gasteiger partial charge is 0.344 e. The highest BCUT2D eigenvalue weighted by molar-refractivity contribution is 6.17. The van der Waals surface area contributed by atoms with E-state index in [9.17, 15) is 18.4 Å². The number of benzene rings is 1. The molecular formula is C15H19F2N3O3. The number of amidine groups is 1. The van der Waals surface area contributed by atoms with Gasteiger partial charge in [-0.2, -0.15) is 0 Å². The molecule has 0 fully saturated rings. The third kappa shape index (κ3) is 5.17. The molecule has 0 atom stereocenters. The summed E-state index contributed by atoms with van der Waals surface area (Å²) < 4.78 is 31.1. The molecule has 23 heavy (non-hydrogen) atoms. The molecule has 5 N–H and O–H groups in total. The monoisotopic (exact) mass is 327 g/mol. The number of rotatable bonds is 6. The fourth-order valence-electron chi connectivity index (χ4n) is 1.58. The van der Waals surface area contributed by atoms with E-state index in [-0.39, 0.29) is 25.1 Å². The van der Waals surface area contributed by atoms with Gasteiger partial charge in [0.15, 0.2) is 6.61 Å². The van der Waals surface area contributed by atoms with Crippen LogP contribution in [0.15, 0.2) is 29.5 Å². The number of hydrogen-bond donors (Lipinski definition) is 3. The molecule has 0 saturated carbocycles. The van der Waals surface area contributed by atoms with Gasteiger partial charge in [0.2, 0.25) is 5.78 Å². The van der Waals surface area contributed by atoms with Crippen LogP contribution in [0.25, 0.3) is 0 Å². The summed E-state index contributed by atoms with van der Waals surface area (Å²) in [4.78, 5) is 23.5. The highest BCUT2D eigenvalue weighted by Gasteiger charge is 2.20. The first-order valence-electron chi connectivity index (χ1n) is 6.26. The largest absolute Gasteiger partial charge is 0.454 e. The minimum absolute atomic E-state index is 0. The lowest BCUT2D eigenvalue weighted by atomic mass is 10.1. The van der Waals surface area contributed by atoms with Gasteiger partial charge < -0.3 is 16.2 Å². The van der Waals surface area contributed by atoms with E-state index in [1.54, 1.807) is 6.92 Å². The van der Waals surface area contributed by atoms with E-state index < -0.39 is 41.4 Å². The summed E-state index contributed by atoms with van der Waals surface area (Å²) in [5, 5.41) is 7.27. The maximum Gasteiger partial charge on any atom is 0.344 e. The Labute approximate surface area is 132 Å². The summed E-state index contributed by atoms with van der Waals surface area (Å²) in [5.74, 6) is -4.33. The number of halogens is 2. The van der Waals surface area contributed by atoms with E-state index in [1.807, 2.05) is 0 Å². The van der Waals surface area contributed by atoms with Gasteiger partial charge in [0.1, 0.15) is 23.0 Å². The number of Topliss-reactive ketones (excluding diaryl/α,β-unsaturated/α-hetero) is 1. The molecule has 126 valence electrons. The topological polar surface area (TPSA) is 119 Å². The van der Waals surface area contributed by atoms with Gasteiger partial charge in [-0.1, -0.05) is 14.4 Å². The van der Waals surface area contributed by atoms with Crippen molar-refractivity contribution in [1.29, 1.82) is 5.41 Å². The van der Waals surface area contributed by atoms with E-state index >= 15 is 0 Å². The molecule has 0 amide bonds. The van der Waals surface area contributed by atoms with E-state index in [2.05, 4.69) is 4.74 Å². The zero-order valence-corrected chi connectivity index (χ0v) is 11.8. The van der Waals surface area contributed by atoms with Crippen LogP contribution in [-0.2, 0) is 9.53 Å². The number of hydrogen-bond acceptors (Lipinski definition) is 5. The van der Waals surface area contributed by atoms with Crippen LogP contribution in [0.1, 0.15) is 31.1 Å². The summed E-state index contributed by atoms with van der Waals surface area (Å²) in [6, 6.07) is 2.35. The molecule has 0 heterocycles. The number of ketones is 1. The zero-order chi connectivity index (χ0) is 16.9. The van der Waals surface area contributed by atoms with Crippen molar-refractivity contribution in [2.24, 2.45) is 11.5 Å². The highest BCUT2D eigenvalue weighted by Crippen LogP contribution is 2.11. The normalized spacial score (nSPS) is 11.1. The number of ether oxygens (including phenoxy) is 1. The number of carbonyl (C=O) groups is 2. The fourth-order valence-corrected chi connectivity index (χ4v) is 1.58. The lowest BCUT2D eigenvalue weighted by Crippen LogP contribution is -2.27. The predicted octanol–water partition coefficient (Wildman–Crippen LogP) is 1.89. The molecule has 1 aromatic rings. The Morgan fingerprint density at radius 2 is 1.87 bits per heavy atom. The molecule has 0 radical (unpaired) electrons. The van der Waals surface area contributed by atoms with E-state index in [0.717, 1.165) is 12.1 Å². The van der Waals surface area contributed by atoms with E-state index in [0.29, 0.717) is 6.07 Å². The van der Waals surface area contributed by atoms with Gasteiger partial charge in [0, 0.05) is 5.70 Å². The number of nitrogens with one attached hydrogen (secondary N) is 1. The molecule has 1 aromatic carbocycles. The number of nitrogens with two attached hydrogens (primary N) is 2. The SMILES string of the molecule is C.CCC(N)=C(C(=N)N)C(=O)OCC(=O)c1cc(F)ccc1F. The first-order valence-corrected chi connectivity index (χ1v) is 6.26. The maximum absolute atomic E-state index is 13.4. The van der Waals surface area contributed by atoms with Crippen LogP contribution < -0.4 is 11.5 Å². The van der Waals surface area contributed by atoms with Crippen LogP contribution in [0, 0.1) is 17.0 Å². The second kappa shape index (κ2) is 8.62. The second-order valence-electron chi connectivity index (χ2n) is 4.29. The Kier molecular flexibility index (Phi) is 7.58. The number of carbonyl (C=O) groups excluding carboxylic acids is 2. The van der Waals surface area contributed by atoms with Gasteiger partial charge in [0.05, 0.1) is 5.56 Å². The van der Waals surface area contributed by atoms with Gasteiger partial charge in [0.25, 0.3) is 0 Å². The molecule has 0 saturated heterocycles. The molecule has 1 rings (SSSR count). The standard InChI is InChI=1S/C14H15F2N3O3.CH4/c1-2-10(17)12(13(18)19)14(21)22-6-11(20)8-5-7(15)3-4-9(8)16;/h3-5H,2,6,17H2,1H3,(H3,18,19);1H4. The zero-order valence-electron chi connectivity index (χ0n) is 11.8. The summed E-state index contributed by atoms with van der Waals surface area (Å²) in [7, 11) is 0. The van der Waals surface area contributed by atoms with Crippen molar-refractivity contribution in [2.75, 3.05) is 6.61 Å². The molecule has 8 heteroatoms. The molecule has 0 aliphatic heterocycles. The van der Waals surface area contributed by atoms with Crippen molar-refractivity contribution in [3.8, 4) is 0 Å². The third-order valence-electron chi connectivity index (χ3n) is 2.74. The lowest BCUT2D eigenvalue weighted by molar-refractivity contribution is -0.137. The van der Waals surface area contributed by atoms with Crippen LogP contribution in [0.5, 0.6) is 0 Å². The average molecular weight is 327 g/mol. The van der Waals surface area contributed by atoms with Crippen molar-refractivity contribution in [3.05, 3.63) is 46.7 Å². The lowest BCUT2D eigenvalue weighted by Gasteiger charge is -2.09. The van der Waals surface area contributed by atoms with Gasteiger partial charge >= 0.3 is 5.97 Å². The average Bonchev–Trinajstić information content (AvgIpc) is 2.46. The molecule has 0 spiro atoms. The summed E-state index contributed by atoms with van der Waals surface area (Å²) in [6.07, 6.45) is 0.247. The predicted molar refractivity (Wildman–Crippen MR) is 81.8 cm³/mol. The molecular weight excluding hydrogens is 308 g/mol. The minimum Gasteiger partial charge on any atom is -0.454 e. The first kappa shape index (κ1) is 20.2. The van der Waals surface area contributed by atoms with Crippen LogP contribution in [0.2, 0.25) is 0 Å². The molecule has 0 aromatic heterocycles. The van der Waals surface area contributed by atoms with Crippen LogP contribution >= 0.6 is 0 Å². The summed E-state index contributed by atoms with van der Waals surface area (Å²) >= 11 is 0. The Morgan fingerprint density at radius 3 is 2.39 bits per heavy atom. The molecule has 0 aliphatic rings. The minimum atomic E-state index is -1.07. The third-order valence-corrected chi connectivity index (χ3v) is 2.74. The molecule has 0 bridgehead atoms. The Morgan fingerprint density at radius 1 is 1.26 bits per heavy atom. The quantitative estimate of drug-likeness (QED) is 0.242. The highest BCUT2D eigenvalue weighted by atomic mass is 19.1. The van der Waals surface area contributed by atoms with Crippen LogP contribution in [0.4, 0.5) is 8.78 Å². The van der Waals surface area contributed by atoms with Gasteiger partial charge in [-0.05, 0) is 24.6 Å². The number of allylic oxidation sites excluding steroid dienone is 1. The summed E-state index contributed by atoms with van der Waals surface area (Å²) in [6.45, 7) is 0.811. The van der Waals surface area contributed by atoms with Crippen LogP contribution in [0.3, 0.4) is 0 Å². The van der Waals surface area contributed by atoms with Gasteiger partial charge in [-0.25, -0.2) is 13.6 Å². The first-order chi connectivity index (χ1) is 10.3. The maximum atomic E-state index is 13.4.